The van der Waals surface area contributed by atoms with Crippen LogP contribution in [0.25, 0.3) is 0 Å². The maximum Gasteiger partial charge on any atom is 0.332 e. The van der Waals surface area contributed by atoms with Gasteiger partial charge in [-0.3, -0.25) is 4.79 Å². The Kier molecular flexibility index (Phi) is 4.36. The summed E-state index contributed by atoms with van der Waals surface area (Å²) < 4.78 is 0. The van der Waals surface area contributed by atoms with Gasteiger partial charge in [-0.25, -0.2) is 4.79 Å². The number of hydrogen-bond acceptors (Lipinski definition) is 4. The Balaban J connectivity index is 1.72. The van der Waals surface area contributed by atoms with Crippen LogP contribution in [0.5, 0.6) is 0 Å². The number of carboxylic acids is 1. The first kappa shape index (κ1) is 19.1. The van der Waals surface area contributed by atoms with Crippen molar-refractivity contribution in [1.82, 2.24) is 0 Å². The zero-order chi connectivity index (χ0) is 19.7. The number of aliphatic hydroxyl groups is 2. The molecule has 27 heavy (non-hydrogen) atoms. The Morgan fingerprint density at radius 2 is 2.00 bits per heavy atom. The summed E-state index contributed by atoms with van der Waals surface area (Å²) in [6.45, 7) is 6.36. The van der Waals surface area contributed by atoms with Crippen LogP contribution in [0.4, 0.5) is 0 Å². The number of carbonyl (C=O) groups excluding carboxylic acids is 1. The fourth-order valence-electron chi connectivity index (χ4n) is 7.92. The maximum absolute atomic E-state index is 11.9. The molecule has 0 aromatic carbocycles. The minimum Gasteiger partial charge on any atom is -0.479 e. The van der Waals surface area contributed by atoms with Gasteiger partial charge in [-0.15, -0.1) is 0 Å². The molecule has 5 nitrogen and oxygen atoms in total. The quantitative estimate of drug-likeness (QED) is 0.689. The third kappa shape index (κ3) is 2.57. The van der Waals surface area contributed by atoms with Crippen LogP contribution in [0.2, 0.25) is 0 Å². The first-order chi connectivity index (χ1) is 12.6. The normalized spacial score (nSPS) is 50.3. The highest BCUT2D eigenvalue weighted by atomic mass is 16.4. The van der Waals surface area contributed by atoms with E-state index in [1.165, 1.54) is 5.57 Å². The van der Waals surface area contributed by atoms with Gasteiger partial charge in [-0.1, -0.05) is 26.3 Å². The topological polar surface area (TPSA) is 94.8 Å². The lowest BCUT2D eigenvalue weighted by Crippen LogP contribution is -2.57. The summed E-state index contributed by atoms with van der Waals surface area (Å²) in [5.41, 5.74) is 0.709. The highest BCUT2D eigenvalue weighted by molar-refractivity contribution is 5.91. The first-order valence-electron chi connectivity index (χ1n) is 10.4. The third-order valence-electron chi connectivity index (χ3n) is 8.92. The number of ketones is 1. The number of aliphatic hydroxyl groups excluding tert-OH is 2. The molecule has 0 heterocycles. The summed E-state index contributed by atoms with van der Waals surface area (Å²) in [7, 11) is 0. The summed E-state index contributed by atoms with van der Waals surface area (Å²) in [4.78, 5) is 23.5. The Hall–Kier alpha value is -1.20. The SMILES string of the molecule is C[C@@H]1C[C@H]2[C@@H]3CCC4=CC(=O)CC[C@]4(C)[C@H]3[C@@H](O)C[C@]2(C)[C@H]1[C@@H](O)C(=O)O. The second kappa shape index (κ2) is 6.15. The number of carbonyl (C=O) groups is 2. The molecular formula is C22H32O5. The van der Waals surface area contributed by atoms with E-state index < -0.39 is 18.2 Å². The number of carboxylic acid groups (broad SMARTS) is 1. The van der Waals surface area contributed by atoms with Crippen molar-refractivity contribution in [3.63, 3.8) is 0 Å². The van der Waals surface area contributed by atoms with Crippen LogP contribution in [-0.2, 0) is 9.59 Å². The Morgan fingerprint density at radius 3 is 2.67 bits per heavy atom. The number of rotatable bonds is 2. The molecule has 4 rings (SSSR count). The van der Waals surface area contributed by atoms with E-state index in [4.69, 9.17) is 0 Å². The van der Waals surface area contributed by atoms with Crippen molar-refractivity contribution in [3.8, 4) is 0 Å². The van der Waals surface area contributed by atoms with Crippen LogP contribution >= 0.6 is 0 Å². The zero-order valence-corrected chi connectivity index (χ0v) is 16.5. The molecule has 0 bridgehead atoms. The number of aliphatic carboxylic acids is 1. The van der Waals surface area contributed by atoms with Crippen molar-refractivity contribution < 1.29 is 24.9 Å². The van der Waals surface area contributed by atoms with E-state index in [2.05, 4.69) is 20.8 Å². The average molecular weight is 376 g/mol. The van der Waals surface area contributed by atoms with E-state index in [9.17, 15) is 24.9 Å². The van der Waals surface area contributed by atoms with Gasteiger partial charge in [0.15, 0.2) is 11.9 Å². The van der Waals surface area contributed by atoms with Crippen LogP contribution in [0, 0.1) is 40.4 Å². The summed E-state index contributed by atoms with van der Waals surface area (Å²) >= 11 is 0. The molecule has 4 aliphatic rings. The lowest BCUT2D eigenvalue weighted by molar-refractivity contribution is -0.164. The third-order valence-corrected chi connectivity index (χ3v) is 8.92. The lowest BCUT2D eigenvalue weighted by Gasteiger charge is -2.60. The standard InChI is InChI=1S/C22H32O5/c1-11-8-15-14-5-4-12-9-13(23)6-7-21(12,2)18(14)16(24)10-22(15,3)17(11)19(25)20(26)27/h9,11,14-19,24-25H,4-8,10H2,1-3H3,(H,26,27)/t11-,14+,15+,16+,17-,18-,19-,21+,22+/m1/s1. The van der Waals surface area contributed by atoms with Crippen molar-refractivity contribution >= 4 is 11.8 Å². The van der Waals surface area contributed by atoms with Gasteiger partial charge in [0.25, 0.3) is 0 Å². The molecule has 9 atom stereocenters. The molecule has 0 spiro atoms. The van der Waals surface area contributed by atoms with Crippen LogP contribution in [0.15, 0.2) is 11.6 Å². The summed E-state index contributed by atoms with van der Waals surface area (Å²) in [5, 5.41) is 31.1. The predicted octanol–water partition coefficient (Wildman–Crippen LogP) is 2.80. The largest absolute Gasteiger partial charge is 0.479 e. The monoisotopic (exact) mass is 376 g/mol. The van der Waals surface area contributed by atoms with E-state index in [0.29, 0.717) is 24.7 Å². The molecule has 150 valence electrons. The summed E-state index contributed by atoms with van der Waals surface area (Å²) in [6.07, 6.45) is 4.57. The zero-order valence-electron chi connectivity index (χ0n) is 16.5. The minimum atomic E-state index is -1.37. The van der Waals surface area contributed by atoms with Gasteiger partial charge in [-0.05, 0) is 72.7 Å². The molecule has 4 aliphatic carbocycles. The van der Waals surface area contributed by atoms with Gasteiger partial charge >= 0.3 is 5.97 Å². The number of hydrogen-bond donors (Lipinski definition) is 3. The van der Waals surface area contributed by atoms with Crippen LogP contribution in [0.1, 0.15) is 59.3 Å². The molecule has 0 amide bonds. The van der Waals surface area contributed by atoms with Crippen molar-refractivity contribution in [3.05, 3.63) is 11.6 Å². The smallest absolute Gasteiger partial charge is 0.332 e. The molecule has 5 heteroatoms. The lowest BCUT2D eigenvalue weighted by atomic mass is 9.45. The van der Waals surface area contributed by atoms with Crippen LogP contribution in [0.3, 0.4) is 0 Å². The number of fused-ring (bicyclic) bond motifs is 5. The molecule has 0 aliphatic heterocycles. The maximum atomic E-state index is 11.9. The molecule has 3 saturated carbocycles. The highest BCUT2D eigenvalue weighted by Crippen LogP contribution is 2.68. The van der Waals surface area contributed by atoms with Crippen molar-refractivity contribution in [2.45, 2.75) is 71.5 Å². The van der Waals surface area contributed by atoms with Gasteiger partial charge in [-0.2, -0.15) is 0 Å². The molecule has 0 radical (unpaired) electrons. The van der Waals surface area contributed by atoms with Gasteiger partial charge < -0.3 is 15.3 Å². The van der Waals surface area contributed by atoms with E-state index in [-0.39, 0.29) is 34.4 Å². The van der Waals surface area contributed by atoms with E-state index in [1.54, 1.807) is 0 Å². The van der Waals surface area contributed by atoms with Crippen molar-refractivity contribution in [1.29, 1.82) is 0 Å². The molecule has 0 aromatic rings. The number of allylic oxidation sites excluding steroid dienone is 1. The van der Waals surface area contributed by atoms with Gasteiger partial charge in [0, 0.05) is 12.3 Å². The molecular weight excluding hydrogens is 344 g/mol. The van der Waals surface area contributed by atoms with E-state index >= 15 is 0 Å². The van der Waals surface area contributed by atoms with Crippen LogP contribution in [-0.4, -0.2) is 39.3 Å². The minimum absolute atomic E-state index is 0.120. The Morgan fingerprint density at radius 1 is 1.30 bits per heavy atom. The second-order valence-electron chi connectivity index (χ2n) is 10.2. The Bertz CT molecular complexity index is 699. The summed E-state index contributed by atoms with van der Waals surface area (Å²) in [5.74, 6) is -0.398. The fraction of sp³-hybridized carbons (Fsp3) is 0.818. The molecule has 3 N–H and O–H groups in total. The first-order valence-corrected chi connectivity index (χ1v) is 10.4. The van der Waals surface area contributed by atoms with Gasteiger partial charge in [0.05, 0.1) is 6.10 Å². The molecule has 3 fully saturated rings. The molecule has 0 saturated heterocycles. The van der Waals surface area contributed by atoms with Crippen molar-refractivity contribution in [2.24, 2.45) is 40.4 Å². The average Bonchev–Trinajstić information content (AvgIpc) is 2.84. The molecule has 0 unspecified atom stereocenters. The van der Waals surface area contributed by atoms with E-state index in [0.717, 1.165) is 25.7 Å². The predicted molar refractivity (Wildman–Crippen MR) is 99.8 cm³/mol. The van der Waals surface area contributed by atoms with Gasteiger partial charge in [0.1, 0.15) is 0 Å². The Labute approximate surface area is 160 Å². The van der Waals surface area contributed by atoms with Crippen LogP contribution < -0.4 is 0 Å². The highest BCUT2D eigenvalue weighted by Gasteiger charge is 2.64. The molecule has 0 aromatic heterocycles. The van der Waals surface area contributed by atoms with Crippen molar-refractivity contribution in [2.75, 3.05) is 0 Å². The van der Waals surface area contributed by atoms with E-state index in [1.807, 2.05) is 6.08 Å². The second-order valence-corrected chi connectivity index (χ2v) is 10.2. The van der Waals surface area contributed by atoms with Gasteiger partial charge in [0.2, 0.25) is 0 Å². The fourth-order valence-corrected chi connectivity index (χ4v) is 7.92. The summed E-state index contributed by atoms with van der Waals surface area (Å²) in [6, 6.07) is 0.